The number of halogens is 2. The molecule has 1 N–H and O–H groups in total. The number of benzene rings is 2. The summed E-state index contributed by atoms with van der Waals surface area (Å²) in [4.78, 5) is 0. The van der Waals surface area contributed by atoms with Gasteiger partial charge in [0.2, 0.25) is 0 Å². The van der Waals surface area contributed by atoms with Gasteiger partial charge in [0.1, 0.15) is 11.6 Å². The van der Waals surface area contributed by atoms with Crippen LogP contribution in [-0.2, 0) is 6.42 Å². The van der Waals surface area contributed by atoms with E-state index < -0.39 is 0 Å². The van der Waals surface area contributed by atoms with Gasteiger partial charge in [-0.1, -0.05) is 34.1 Å². The van der Waals surface area contributed by atoms with E-state index in [1.165, 1.54) is 17.7 Å². The third kappa shape index (κ3) is 3.83. The molecule has 2 nitrogen and oxygen atoms in total. The SMILES string of the molecule is CNC(Cc1ccc(F)cc1Br)c1ccc(OC)c(C)c1. The number of aryl methyl sites for hydroxylation is 1. The van der Waals surface area contributed by atoms with Crippen molar-refractivity contribution in [3.05, 3.63) is 63.4 Å². The molecule has 0 amide bonds. The first-order valence-corrected chi connectivity index (χ1v) is 7.60. The molecule has 21 heavy (non-hydrogen) atoms. The van der Waals surface area contributed by atoms with Gasteiger partial charge in [0.05, 0.1) is 7.11 Å². The van der Waals surface area contributed by atoms with Gasteiger partial charge in [-0.2, -0.15) is 0 Å². The second-order valence-corrected chi connectivity index (χ2v) is 5.86. The summed E-state index contributed by atoms with van der Waals surface area (Å²) in [5.74, 6) is 0.656. The molecule has 0 saturated heterocycles. The van der Waals surface area contributed by atoms with Crippen LogP contribution >= 0.6 is 15.9 Å². The summed E-state index contributed by atoms with van der Waals surface area (Å²) >= 11 is 3.43. The van der Waals surface area contributed by atoms with Crippen molar-refractivity contribution in [1.29, 1.82) is 0 Å². The van der Waals surface area contributed by atoms with Crippen LogP contribution in [0.3, 0.4) is 0 Å². The molecule has 112 valence electrons. The van der Waals surface area contributed by atoms with Crippen molar-refractivity contribution < 1.29 is 9.13 Å². The molecule has 0 heterocycles. The Bertz CT molecular complexity index is 630. The highest BCUT2D eigenvalue weighted by Gasteiger charge is 2.13. The fraction of sp³-hybridized carbons (Fsp3) is 0.294. The molecular weight excluding hydrogens is 333 g/mol. The monoisotopic (exact) mass is 351 g/mol. The molecule has 0 aromatic heterocycles. The molecule has 4 heteroatoms. The summed E-state index contributed by atoms with van der Waals surface area (Å²) < 4.78 is 19.3. The van der Waals surface area contributed by atoms with Crippen LogP contribution in [0, 0.1) is 12.7 Å². The number of methoxy groups -OCH3 is 1. The van der Waals surface area contributed by atoms with Crippen molar-refractivity contribution in [3.8, 4) is 5.75 Å². The third-order valence-electron chi connectivity index (χ3n) is 3.61. The van der Waals surface area contributed by atoms with Crippen LogP contribution in [0.15, 0.2) is 40.9 Å². The molecule has 2 aromatic carbocycles. The van der Waals surface area contributed by atoms with E-state index in [9.17, 15) is 4.39 Å². The number of hydrogen-bond acceptors (Lipinski definition) is 2. The standard InChI is InChI=1S/C17H19BrFNO/c1-11-8-13(5-7-17(11)21-3)16(20-2)9-12-4-6-14(19)10-15(12)18/h4-8,10,16,20H,9H2,1-3H3. The Hall–Kier alpha value is -1.39. The average Bonchev–Trinajstić information content (AvgIpc) is 2.46. The summed E-state index contributed by atoms with van der Waals surface area (Å²) in [6.07, 6.45) is 0.781. The number of hydrogen-bond donors (Lipinski definition) is 1. The predicted molar refractivity (Wildman–Crippen MR) is 87.3 cm³/mol. The van der Waals surface area contributed by atoms with E-state index in [0.29, 0.717) is 0 Å². The van der Waals surface area contributed by atoms with Gasteiger partial charge in [-0.25, -0.2) is 4.39 Å². The van der Waals surface area contributed by atoms with Gasteiger partial charge in [-0.05, 0) is 55.3 Å². The van der Waals surface area contributed by atoms with Gasteiger partial charge in [0.15, 0.2) is 0 Å². The number of rotatable bonds is 5. The van der Waals surface area contributed by atoms with E-state index in [1.807, 2.05) is 26.1 Å². The van der Waals surface area contributed by atoms with Gasteiger partial charge in [-0.3, -0.25) is 0 Å². The summed E-state index contributed by atoms with van der Waals surface area (Å²) in [5.41, 5.74) is 3.37. The molecule has 0 fully saturated rings. The molecule has 0 aliphatic rings. The maximum atomic E-state index is 13.2. The zero-order valence-electron chi connectivity index (χ0n) is 12.4. The molecule has 0 saturated carbocycles. The Balaban J connectivity index is 2.25. The van der Waals surface area contributed by atoms with Gasteiger partial charge in [0.25, 0.3) is 0 Å². The highest BCUT2D eigenvalue weighted by molar-refractivity contribution is 9.10. The van der Waals surface area contributed by atoms with Crippen LogP contribution in [0.5, 0.6) is 5.75 Å². The zero-order chi connectivity index (χ0) is 15.4. The number of ether oxygens (including phenoxy) is 1. The van der Waals surface area contributed by atoms with Crippen molar-refractivity contribution in [2.45, 2.75) is 19.4 Å². The first-order chi connectivity index (χ1) is 10.0. The molecule has 0 aliphatic heterocycles. The molecule has 2 rings (SSSR count). The van der Waals surface area contributed by atoms with Crippen molar-refractivity contribution >= 4 is 15.9 Å². The van der Waals surface area contributed by atoms with Crippen LogP contribution in [0.2, 0.25) is 0 Å². The molecular formula is C17H19BrFNO. The molecule has 1 unspecified atom stereocenters. The van der Waals surface area contributed by atoms with Gasteiger partial charge in [-0.15, -0.1) is 0 Å². The van der Waals surface area contributed by atoms with E-state index >= 15 is 0 Å². The lowest BCUT2D eigenvalue weighted by atomic mass is 9.97. The van der Waals surface area contributed by atoms with E-state index in [4.69, 9.17) is 4.74 Å². The van der Waals surface area contributed by atoms with Crippen LogP contribution in [-0.4, -0.2) is 14.2 Å². The molecule has 1 atom stereocenters. The highest BCUT2D eigenvalue weighted by Crippen LogP contribution is 2.27. The van der Waals surface area contributed by atoms with Crippen molar-refractivity contribution in [2.24, 2.45) is 0 Å². The minimum atomic E-state index is -0.230. The van der Waals surface area contributed by atoms with Crippen LogP contribution in [0.4, 0.5) is 4.39 Å². The average molecular weight is 352 g/mol. The Morgan fingerprint density at radius 1 is 1.24 bits per heavy atom. The molecule has 0 bridgehead atoms. The normalized spacial score (nSPS) is 12.2. The first-order valence-electron chi connectivity index (χ1n) is 6.81. The fourth-order valence-electron chi connectivity index (χ4n) is 2.41. The van der Waals surface area contributed by atoms with Crippen molar-refractivity contribution in [1.82, 2.24) is 5.32 Å². The minimum Gasteiger partial charge on any atom is -0.496 e. The van der Waals surface area contributed by atoms with Crippen LogP contribution < -0.4 is 10.1 Å². The van der Waals surface area contributed by atoms with Gasteiger partial charge >= 0.3 is 0 Å². The van der Waals surface area contributed by atoms with E-state index in [0.717, 1.165) is 27.8 Å². The largest absolute Gasteiger partial charge is 0.496 e. The smallest absolute Gasteiger partial charge is 0.124 e. The third-order valence-corrected chi connectivity index (χ3v) is 4.35. The highest BCUT2D eigenvalue weighted by atomic mass is 79.9. The van der Waals surface area contributed by atoms with Crippen LogP contribution in [0.1, 0.15) is 22.7 Å². The fourth-order valence-corrected chi connectivity index (χ4v) is 2.92. The molecule has 0 radical (unpaired) electrons. The zero-order valence-corrected chi connectivity index (χ0v) is 14.0. The lowest BCUT2D eigenvalue weighted by Crippen LogP contribution is -2.19. The van der Waals surface area contributed by atoms with Crippen molar-refractivity contribution in [3.63, 3.8) is 0 Å². The van der Waals surface area contributed by atoms with Crippen molar-refractivity contribution in [2.75, 3.05) is 14.2 Å². The summed E-state index contributed by atoms with van der Waals surface area (Å²) in [7, 11) is 3.61. The lowest BCUT2D eigenvalue weighted by Gasteiger charge is -2.19. The topological polar surface area (TPSA) is 21.3 Å². The summed E-state index contributed by atoms with van der Waals surface area (Å²) in [5, 5.41) is 3.32. The van der Waals surface area contributed by atoms with Gasteiger partial charge in [0, 0.05) is 10.5 Å². The number of likely N-dealkylation sites (N-methyl/N-ethyl adjacent to an activating group) is 1. The summed E-state index contributed by atoms with van der Waals surface area (Å²) in [6.45, 7) is 2.03. The maximum Gasteiger partial charge on any atom is 0.124 e. The molecule has 2 aromatic rings. The van der Waals surface area contributed by atoms with Gasteiger partial charge < -0.3 is 10.1 Å². The number of nitrogens with one attached hydrogen (secondary N) is 1. The Morgan fingerprint density at radius 3 is 2.57 bits per heavy atom. The summed E-state index contributed by atoms with van der Waals surface area (Å²) in [6, 6.07) is 11.1. The molecule has 0 aliphatic carbocycles. The molecule has 0 spiro atoms. The minimum absolute atomic E-state index is 0.163. The second kappa shape index (κ2) is 7.05. The van der Waals surface area contributed by atoms with Crippen LogP contribution in [0.25, 0.3) is 0 Å². The first kappa shape index (κ1) is 16.0. The second-order valence-electron chi connectivity index (χ2n) is 5.01. The quantitative estimate of drug-likeness (QED) is 0.861. The van der Waals surface area contributed by atoms with E-state index in [1.54, 1.807) is 7.11 Å². The lowest BCUT2D eigenvalue weighted by molar-refractivity contribution is 0.411. The predicted octanol–water partition coefficient (Wildman–Crippen LogP) is 4.41. The van der Waals surface area contributed by atoms with E-state index in [-0.39, 0.29) is 11.9 Å². The van der Waals surface area contributed by atoms with E-state index in [2.05, 4.69) is 33.4 Å². The Labute approximate surface area is 133 Å². The Kier molecular flexibility index (Phi) is 5.37. The Morgan fingerprint density at radius 2 is 2.00 bits per heavy atom. The maximum absolute atomic E-state index is 13.2.